The maximum absolute atomic E-state index is 11.8. The fraction of sp³-hybridized carbons (Fsp3) is 0.333. The summed E-state index contributed by atoms with van der Waals surface area (Å²) < 4.78 is 0. The van der Waals surface area contributed by atoms with Crippen molar-refractivity contribution in [1.82, 2.24) is 0 Å². The lowest BCUT2D eigenvalue weighted by Gasteiger charge is -2.06. The molecule has 0 saturated carbocycles. The van der Waals surface area contributed by atoms with Crippen molar-refractivity contribution in [2.45, 2.75) is 24.6 Å². The predicted molar refractivity (Wildman–Crippen MR) is 63.1 cm³/mol. The van der Waals surface area contributed by atoms with E-state index in [9.17, 15) is 4.79 Å². The largest absolute Gasteiger partial charge is 0.293 e. The van der Waals surface area contributed by atoms with Crippen molar-refractivity contribution < 1.29 is 4.79 Å². The standard InChI is InChI=1S/C12H12BrNO/c1-2-3-11(13)12(15)10-6-4-9(8-14)5-7-10/h4-7,11H,2-3H2,1H3. The highest BCUT2D eigenvalue weighted by molar-refractivity contribution is 9.10. The minimum atomic E-state index is -0.115. The molecule has 0 fully saturated rings. The molecule has 1 aromatic carbocycles. The van der Waals surface area contributed by atoms with Gasteiger partial charge in [-0.25, -0.2) is 0 Å². The van der Waals surface area contributed by atoms with Crippen LogP contribution in [0.5, 0.6) is 0 Å². The van der Waals surface area contributed by atoms with E-state index in [2.05, 4.69) is 15.9 Å². The normalized spacial score (nSPS) is 11.8. The van der Waals surface area contributed by atoms with Crippen LogP contribution < -0.4 is 0 Å². The van der Waals surface area contributed by atoms with Gasteiger partial charge < -0.3 is 0 Å². The molecule has 0 aliphatic rings. The summed E-state index contributed by atoms with van der Waals surface area (Å²) in [5.41, 5.74) is 1.23. The van der Waals surface area contributed by atoms with Crippen molar-refractivity contribution in [3.8, 4) is 6.07 Å². The number of hydrogen-bond acceptors (Lipinski definition) is 2. The summed E-state index contributed by atoms with van der Waals surface area (Å²) in [6.07, 6.45) is 1.80. The molecule has 0 aliphatic heterocycles. The molecule has 1 atom stereocenters. The Morgan fingerprint density at radius 2 is 2.07 bits per heavy atom. The van der Waals surface area contributed by atoms with E-state index in [4.69, 9.17) is 5.26 Å². The van der Waals surface area contributed by atoms with Crippen LogP contribution in [-0.2, 0) is 0 Å². The number of carbonyl (C=O) groups is 1. The monoisotopic (exact) mass is 265 g/mol. The molecule has 0 amide bonds. The Kier molecular flexibility index (Phi) is 4.51. The maximum atomic E-state index is 11.8. The number of halogens is 1. The van der Waals surface area contributed by atoms with Gasteiger partial charge in [0, 0.05) is 5.56 Å². The smallest absolute Gasteiger partial charge is 0.176 e. The first-order valence-electron chi connectivity index (χ1n) is 4.87. The van der Waals surface area contributed by atoms with Crippen LogP contribution in [-0.4, -0.2) is 10.6 Å². The molecule has 2 nitrogen and oxygen atoms in total. The van der Waals surface area contributed by atoms with Crippen molar-refractivity contribution >= 4 is 21.7 Å². The Morgan fingerprint density at radius 1 is 1.47 bits per heavy atom. The van der Waals surface area contributed by atoms with Gasteiger partial charge >= 0.3 is 0 Å². The van der Waals surface area contributed by atoms with Gasteiger partial charge in [-0.1, -0.05) is 41.4 Å². The maximum Gasteiger partial charge on any atom is 0.176 e. The Labute approximate surface area is 98.0 Å². The van der Waals surface area contributed by atoms with Crippen LogP contribution in [0.1, 0.15) is 35.7 Å². The Hall–Kier alpha value is -1.14. The van der Waals surface area contributed by atoms with Gasteiger partial charge in [-0.2, -0.15) is 5.26 Å². The fourth-order valence-electron chi connectivity index (χ4n) is 1.27. The Bertz CT molecular complexity index is 378. The Balaban J connectivity index is 2.79. The summed E-state index contributed by atoms with van der Waals surface area (Å²) in [5, 5.41) is 8.62. The SMILES string of the molecule is CCCC(Br)C(=O)c1ccc(C#N)cc1. The molecule has 0 N–H and O–H groups in total. The number of hydrogen-bond donors (Lipinski definition) is 0. The van der Waals surface area contributed by atoms with Crippen LogP contribution in [0.25, 0.3) is 0 Å². The molecule has 3 heteroatoms. The van der Waals surface area contributed by atoms with Gasteiger partial charge in [0.2, 0.25) is 0 Å². The van der Waals surface area contributed by atoms with Crippen molar-refractivity contribution in [2.75, 3.05) is 0 Å². The van der Waals surface area contributed by atoms with Crippen LogP contribution in [0.3, 0.4) is 0 Å². The van der Waals surface area contributed by atoms with Crippen molar-refractivity contribution in [2.24, 2.45) is 0 Å². The third-order valence-electron chi connectivity index (χ3n) is 2.13. The van der Waals surface area contributed by atoms with E-state index in [0.29, 0.717) is 11.1 Å². The quantitative estimate of drug-likeness (QED) is 0.619. The highest BCUT2D eigenvalue weighted by Gasteiger charge is 2.15. The summed E-state index contributed by atoms with van der Waals surface area (Å²) >= 11 is 3.36. The van der Waals surface area contributed by atoms with Gasteiger partial charge in [0.15, 0.2) is 5.78 Å². The van der Waals surface area contributed by atoms with Gasteiger partial charge in [-0.05, 0) is 18.6 Å². The zero-order valence-corrected chi connectivity index (χ0v) is 10.1. The lowest BCUT2D eigenvalue weighted by molar-refractivity contribution is 0.0988. The average Bonchev–Trinajstić information content (AvgIpc) is 2.28. The Morgan fingerprint density at radius 3 is 2.53 bits per heavy atom. The number of alkyl halides is 1. The number of nitriles is 1. The summed E-state index contributed by atoms with van der Waals surface area (Å²) in [5.74, 6) is 0.0846. The first kappa shape index (κ1) is 11.9. The van der Waals surface area contributed by atoms with Gasteiger partial charge in [0.25, 0.3) is 0 Å². The first-order valence-corrected chi connectivity index (χ1v) is 5.79. The molecule has 1 unspecified atom stereocenters. The minimum Gasteiger partial charge on any atom is -0.293 e. The second-order valence-corrected chi connectivity index (χ2v) is 4.41. The molecule has 0 bridgehead atoms. The summed E-state index contributed by atoms with van der Waals surface area (Å²) in [6, 6.07) is 8.75. The van der Waals surface area contributed by atoms with E-state index in [0.717, 1.165) is 12.8 Å². The number of rotatable bonds is 4. The van der Waals surface area contributed by atoms with E-state index in [1.165, 1.54) is 0 Å². The van der Waals surface area contributed by atoms with E-state index < -0.39 is 0 Å². The molecule has 78 valence electrons. The van der Waals surface area contributed by atoms with E-state index in [1.807, 2.05) is 13.0 Å². The van der Waals surface area contributed by atoms with Crippen molar-refractivity contribution in [1.29, 1.82) is 5.26 Å². The molecule has 1 aromatic rings. The number of benzene rings is 1. The van der Waals surface area contributed by atoms with Crippen LogP contribution >= 0.6 is 15.9 Å². The van der Waals surface area contributed by atoms with Crippen LogP contribution in [0.4, 0.5) is 0 Å². The second-order valence-electron chi connectivity index (χ2n) is 3.31. The summed E-state index contributed by atoms with van der Waals surface area (Å²) in [7, 11) is 0. The topological polar surface area (TPSA) is 40.9 Å². The minimum absolute atomic E-state index is 0.0846. The third kappa shape index (κ3) is 3.17. The highest BCUT2D eigenvalue weighted by Crippen LogP contribution is 2.15. The van der Waals surface area contributed by atoms with E-state index >= 15 is 0 Å². The summed E-state index contributed by atoms with van der Waals surface area (Å²) in [6.45, 7) is 2.04. The fourth-order valence-corrected chi connectivity index (χ4v) is 2.00. The van der Waals surface area contributed by atoms with Crippen LogP contribution in [0, 0.1) is 11.3 Å². The summed E-state index contributed by atoms with van der Waals surface area (Å²) in [4.78, 5) is 11.7. The number of Topliss-reactive ketones (excluding diaryl/α,β-unsaturated/α-hetero) is 1. The number of ketones is 1. The van der Waals surface area contributed by atoms with Crippen LogP contribution in [0.15, 0.2) is 24.3 Å². The molecule has 0 radical (unpaired) electrons. The highest BCUT2D eigenvalue weighted by atomic mass is 79.9. The zero-order valence-electron chi connectivity index (χ0n) is 8.53. The zero-order chi connectivity index (χ0) is 11.3. The molecule has 0 aromatic heterocycles. The first-order chi connectivity index (χ1) is 7.19. The second kappa shape index (κ2) is 5.67. The molecule has 0 aliphatic carbocycles. The van der Waals surface area contributed by atoms with Gasteiger partial charge in [-0.3, -0.25) is 4.79 Å². The lowest BCUT2D eigenvalue weighted by Crippen LogP contribution is -2.13. The molecule has 0 saturated heterocycles. The molecule has 1 rings (SSSR count). The van der Waals surface area contributed by atoms with Crippen LogP contribution in [0.2, 0.25) is 0 Å². The lowest BCUT2D eigenvalue weighted by atomic mass is 10.0. The third-order valence-corrected chi connectivity index (χ3v) is 3.00. The molecule has 0 spiro atoms. The molecule has 0 heterocycles. The van der Waals surface area contributed by atoms with Gasteiger partial charge in [0.05, 0.1) is 16.5 Å². The van der Waals surface area contributed by atoms with Crippen molar-refractivity contribution in [3.05, 3.63) is 35.4 Å². The van der Waals surface area contributed by atoms with Gasteiger partial charge in [0.1, 0.15) is 0 Å². The average molecular weight is 266 g/mol. The van der Waals surface area contributed by atoms with Crippen molar-refractivity contribution in [3.63, 3.8) is 0 Å². The molecular weight excluding hydrogens is 254 g/mol. The number of nitrogens with zero attached hydrogens (tertiary/aromatic N) is 1. The number of carbonyl (C=O) groups excluding carboxylic acids is 1. The molecule has 15 heavy (non-hydrogen) atoms. The van der Waals surface area contributed by atoms with E-state index in [-0.39, 0.29) is 10.6 Å². The van der Waals surface area contributed by atoms with Gasteiger partial charge in [-0.15, -0.1) is 0 Å². The van der Waals surface area contributed by atoms with E-state index in [1.54, 1.807) is 24.3 Å². The predicted octanol–water partition coefficient (Wildman–Crippen LogP) is 3.30. The molecular formula is C12H12BrNO.